The van der Waals surface area contributed by atoms with E-state index < -0.39 is 0 Å². The Bertz CT molecular complexity index is 369. The summed E-state index contributed by atoms with van der Waals surface area (Å²) in [5.74, 6) is 0.510. The molecule has 0 amide bonds. The number of benzene rings is 1. The molecule has 0 atom stereocenters. The molecule has 1 rings (SSSR count). The Morgan fingerprint density at radius 3 is 2.11 bits per heavy atom. The van der Waals surface area contributed by atoms with E-state index in [-0.39, 0.29) is 28.8 Å². The third kappa shape index (κ3) is 11.7. The van der Waals surface area contributed by atoms with E-state index in [1.165, 1.54) is 5.56 Å². The second kappa shape index (κ2) is 11.4. The molecule has 0 aromatic heterocycles. The number of ether oxygens (including phenoxy) is 1. The minimum absolute atomic E-state index is 0. The van der Waals surface area contributed by atoms with Crippen molar-refractivity contribution in [1.29, 1.82) is 0 Å². The molecule has 98 valence electrons. The standard InChI is InChI=1S/C7H8S2.C5H10OS2.Sb/c1-5-2-3-6(8)7(9)4-5;1-4(2)3-6-5(7)8;/h2-4,8-9H,1H3;4H,3H2,1-2H3,(H,7,8);/q;;+3/p-3. The number of thiocarbonyl (C=S) groups is 1. The summed E-state index contributed by atoms with van der Waals surface area (Å²) < 4.78 is 5.07. The van der Waals surface area contributed by atoms with Crippen molar-refractivity contribution in [3.05, 3.63) is 23.8 Å². The van der Waals surface area contributed by atoms with Gasteiger partial charge in [0.1, 0.15) is 0 Å². The maximum Gasteiger partial charge on any atom is 3.00 e. The van der Waals surface area contributed by atoms with Crippen molar-refractivity contribution in [3.63, 3.8) is 0 Å². The zero-order valence-corrected chi connectivity index (χ0v) is 16.3. The average molecular weight is 425 g/mol. The Kier molecular flexibility index (Phi) is 13.3. The van der Waals surface area contributed by atoms with Crippen LogP contribution in [-0.2, 0) is 42.6 Å². The first-order valence-electron chi connectivity index (χ1n) is 5.11. The summed E-state index contributed by atoms with van der Waals surface area (Å²) in [7, 11) is 0. The van der Waals surface area contributed by atoms with Crippen LogP contribution in [0.15, 0.2) is 28.0 Å². The van der Waals surface area contributed by atoms with Crippen LogP contribution in [0.1, 0.15) is 19.4 Å². The van der Waals surface area contributed by atoms with Gasteiger partial charge in [0.2, 0.25) is 0 Å². The largest absolute Gasteiger partial charge is 3.00 e. The molecule has 2 radical (unpaired) electrons. The van der Waals surface area contributed by atoms with Crippen LogP contribution in [-0.4, -0.2) is 35.4 Å². The third-order valence-electron chi connectivity index (χ3n) is 1.63. The molecule has 0 aliphatic heterocycles. The minimum atomic E-state index is 0. The van der Waals surface area contributed by atoms with Gasteiger partial charge < -0.3 is 54.8 Å². The third-order valence-corrected chi connectivity index (χ3v) is 2.69. The molecule has 0 heterocycles. The Hall–Kier alpha value is 0.588. The van der Waals surface area contributed by atoms with E-state index in [9.17, 15) is 0 Å². The van der Waals surface area contributed by atoms with E-state index in [4.69, 9.17) is 30.0 Å². The van der Waals surface area contributed by atoms with Crippen LogP contribution in [0.2, 0.25) is 0 Å². The van der Waals surface area contributed by atoms with Gasteiger partial charge >= 0.3 is 24.4 Å². The SMILES string of the molecule is CC(C)COC(=S)[S-].Cc1ccc([S-])c([S-])c1.[Sb+3]. The van der Waals surface area contributed by atoms with Gasteiger partial charge in [0.05, 0.1) is 6.61 Å². The Labute approximate surface area is 149 Å². The van der Waals surface area contributed by atoms with E-state index in [1.807, 2.05) is 39.0 Å². The molecule has 1 nitrogen and oxygen atoms in total. The molecule has 1 aromatic carbocycles. The first kappa shape index (κ1) is 20.9. The van der Waals surface area contributed by atoms with Crippen LogP contribution in [0, 0.1) is 12.8 Å². The molecule has 0 aliphatic carbocycles. The number of hydrogen-bond donors (Lipinski definition) is 0. The molecular weight excluding hydrogens is 410 g/mol. The predicted octanol–water partition coefficient (Wildman–Crippen LogP) is 2.92. The predicted molar refractivity (Wildman–Crippen MR) is 88.9 cm³/mol. The smallest absolute Gasteiger partial charge is 0.781 e. The van der Waals surface area contributed by atoms with Crippen molar-refractivity contribution in [2.75, 3.05) is 6.61 Å². The summed E-state index contributed by atoms with van der Waals surface area (Å²) in [6, 6.07) is 5.75. The summed E-state index contributed by atoms with van der Waals surface area (Å²) >= 11 is 18.9. The monoisotopic (exact) mass is 424 g/mol. The second-order valence-electron chi connectivity index (χ2n) is 3.91. The van der Waals surface area contributed by atoms with Gasteiger partial charge in [-0.3, -0.25) is 0 Å². The quantitative estimate of drug-likeness (QED) is 0.408. The molecule has 6 heteroatoms. The van der Waals surface area contributed by atoms with Crippen LogP contribution >= 0.6 is 12.2 Å². The molecule has 0 fully saturated rings. The van der Waals surface area contributed by atoms with Gasteiger partial charge in [-0.15, -0.1) is 0 Å². The fraction of sp³-hybridized carbons (Fsp3) is 0.417. The number of rotatable bonds is 2. The summed E-state index contributed by atoms with van der Waals surface area (Å²) in [5, 5.41) is 0. The molecule has 0 saturated carbocycles. The van der Waals surface area contributed by atoms with Crippen molar-refractivity contribution < 1.29 is 4.74 Å². The van der Waals surface area contributed by atoms with Crippen LogP contribution in [0.3, 0.4) is 0 Å². The first-order valence-corrected chi connectivity index (χ1v) is 6.74. The zero-order chi connectivity index (χ0) is 13.4. The van der Waals surface area contributed by atoms with Crippen molar-refractivity contribution in [1.82, 2.24) is 0 Å². The summed E-state index contributed by atoms with van der Waals surface area (Å²) in [6.45, 7) is 6.74. The van der Waals surface area contributed by atoms with Crippen LogP contribution in [0.4, 0.5) is 0 Å². The van der Waals surface area contributed by atoms with Crippen LogP contribution < -0.4 is 0 Å². The maximum absolute atomic E-state index is 4.94. The molecule has 1 aromatic rings. The van der Waals surface area contributed by atoms with Crippen LogP contribution in [0.5, 0.6) is 0 Å². The molecular formula is C12H15OS4Sb. The first-order chi connectivity index (χ1) is 7.82. The van der Waals surface area contributed by atoms with Crippen molar-refractivity contribution in [2.24, 2.45) is 5.92 Å². The van der Waals surface area contributed by atoms with E-state index in [0.29, 0.717) is 12.5 Å². The Balaban J connectivity index is 0. The van der Waals surface area contributed by atoms with Crippen molar-refractivity contribution >= 4 is 78.9 Å². The Morgan fingerprint density at radius 1 is 1.28 bits per heavy atom. The average Bonchev–Trinajstić information content (AvgIpc) is 2.22. The summed E-state index contributed by atoms with van der Waals surface area (Å²) in [5.41, 5.74) is 1.17. The van der Waals surface area contributed by atoms with Gasteiger partial charge in [-0.1, -0.05) is 37.6 Å². The van der Waals surface area contributed by atoms with Gasteiger partial charge in [-0.2, -0.15) is 9.79 Å². The Morgan fingerprint density at radius 2 is 1.83 bits per heavy atom. The van der Waals surface area contributed by atoms with E-state index in [1.54, 1.807) is 0 Å². The van der Waals surface area contributed by atoms with Gasteiger partial charge in [0.25, 0.3) is 0 Å². The van der Waals surface area contributed by atoms with Crippen LogP contribution in [0.25, 0.3) is 0 Å². The van der Waals surface area contributed by atoms with E-state index in [2.05, 4.69) is 24.8 Å². The van der Waals surface area contributed by atoms with Gasteiger partial charge in [0.15, 0.2) is 0 Å². The van der Waals surface area contributed by atoms with E-state index in [0.717, 1.165) is 9.79 Å². The summed E-state index contributed by atoms with van der Waals surface area (Å²) in [4.78, 5) is 1.56. The van der Waals surface area contributed by atoms with E-state index >= 15 is 0 Å². The van der Waals surface area contributed by atoms with Crippen molar-refractivity contribution in [3.8, 4) is 0 Å². The minimum Gasteiger partial charge on any atom is -0.781 e. The normalized spacial score (nSPS) is 8.89. The zero-order valence-electron chi connectivity index (χ0n) is 10.5. The number of aryl methyl sites for hydroxylation is 1. The topological polar surface area (TPSA) is 9.23 Å². The molecule has 18 heavy (non-hydrogen) atoms. The molecule has 0 aliphatic rings. The molecule has 0 bridgehead atoms. The van der Waals surface area contributed by atoms with Gasteiger partial charge in [0, 0.05) is 4.38 Å². The van der Waals surface area contributed by atoms with Gasteiger partial charge in [-0.05, 0) is 12.8 Å². The maximum atomic E-state index is 4.94. The molecule has 0 spiro atoms. The van der Waals surface area contributed by atoms with Gasteiger partial charge in [-0.25, -0.2) is 0 Å². The summed E-state index contributed by atoms with van der Waals surface area (Å²) in [6.07, 6.45) is 0. The van der Waals surface area contributed by atoms with Crippen molar-refractivity contribution in [2.45, 2.75) is 30.6 Å². The number of hydrogen-bond acceptors (Lipinski definition) is 5. The second-order valence-corrected chi connectivity index (χ2v) is 5.78. The molecule has 0 unspecified atom stereocenters. The molecule has 0 N–H and O–H groups in total. The molecule has 0 saturated heterocycles. The fourth-order valence-corrected chi connectivity index (χ4v) is 1.37. The fourth-order valence-electron chi connectivity index (χ4n) is 0.850.